The molecule has 2 bridgehead atoms. The summed E-state index contributed by atoms with van der Waals surface area (Å²) in [6, 6.07) is 10.6. The van der Waals surface area contributed by atoms with Gasteiger partial charge in [-0.2, -0.15) is 0 Å². The SMILES string of the molecule is CO[C@H](C(=O)N1[C@@H]2CC[C@H]1CC([C@H](N)Cc1cc(F)c(F)cc1F)C2)c1ccccc1. The van der Waals surface area contributed by atoms with Crippen molar-refractivity contribution in [3.05, 3.63) is 71.0 Å². The summed E-state index contributed by atoms with van der Waals surface area (Å²) in [7, 11) is 1.54. The van der Waals surface area contributed by atoms with Crippen molar-refractivity contribution in [2.75, 3.05) is 7.11 Å². The summed E-state index contributed by atoms with van der Waals surface area (Å²) >= 11 is 0. The van der Waals surface area contributed by atoms with Crippen LogP contribution in [0, 0.1) is 23.4 Å². The highest BCUT2D eigenvalue weighted by atomic mass is 19.2. The van der Waals surface area contributed by atoms with Gasteiger partial charge >= 0.3 is 0 Å². The average Bonchev–Trinajstić information content (AvgIpc) is 3.02. The third-order valence-electron chi connectivity index (χ3n) is 6.74. The van der Waals surface area contributed by atoms with Crippen LogP contribution >= 0.6 is 0 Å². The molecule has 4 rings (SSSR count). The van der Waals surface area contributed by atoms with E-state index in [-0.39, 0.29) is 35.9 Å². The standard InChI is InChI=1S/C24H27F3N2O2/c1-31-23(14-5-3-2-4-6-14)24(30)29-17-7-8-18(29)10-16(9-17)22(28)12-15-11-20(26)21(27)13-19(15)25/h2-6,11,13,16-18,22-23H,7-10,12,28H2,1H3/t16?,17-,18+,22-,23+/m1/s1. The minimum absolute atomic E-state index is 0.0418. The molecular formula is C24H27F3N2O2. The number of hydrogen-bond donors (Lipinski definition) is 1. The van der Waals surface area contributed by atoms with Gasteiger partial charge in [0, 0.05) is 31.3 Å². The second-order valence-electron chi connectivity index (χ2n) is 8.61. The number of halogens is 3. The number of hydrogen-bond acceptors (Lipinski definition) is 3. The second-order valence-corrected chi connectivity index (χ2v) is 8.61. The fourth-order valence-electron chi connectivity index (χ4n) is 5.21. The molecule has 2 saturated heterocycles. The largest absolute Gasteiger partial charge is 0.367 e. The van der Waals surface area contributed by atoms with Crippen LogP contribution in [-0.4, -0.2) is 36.0 Å². The maximum absolute atomic E-state index is 14.1. The molecule has 5 atom stereocenters. The van der Waals surface area contributed by atoms with Crippen LogP contribution in [0.3, 0.4) is 0 Å². The van der Waals surface area contributed by atoms with Crippen molar-refractivity contribution >= 4 is 5.91 Å². The molecule has 1 unspecified atom stereocenters. The Kier molecular flexibility index (Phi) is 6.34. The van der Waals surface area contributed by atoms with Crippen LogP contribution in [0.5, 0.6) is 0 Å². The Labute approximate surface area is 180 Å². The fraction of sp³-hybridized carbons (Fsp3) is 0.458. The number of carbonyl (C=O) groups excluding carboxylic acids is 1. The highest BCUT2D eigenvalue weighted by Gasteiger charge is 2.46. The normalized spacial score (nSPS) is 24.8. The molecule has 0 spiro atoms. The second kappa shape index (κ2) is 9.01. The Morgan fingerprint density at radius 1 is 1.06 bits per heavy atom. The van der Waals surface area contributed by atoms with Gasteiger partial charge in [0.15, 0.2) is 17.7 Å². The van der Waals surface area contributed by atoms with Crippen molar-refractivity contribution in [1.29, 1.82) is 0 Å². The molecule has 2 N–H and O–H groups in total. The first kappa shape index (κ1) is 21.8. The molecule has 7 heteroatoms. The molecule has 2 aliphatic heterocycles. The smallest absolute Gasteiger partial charge is 0.256 e. The minimum Gasteiger partial charge on any atom is -0.367 e. The van der Waals surface area contributed by atoms with E-state index in [4.69, 9.17) is 10.5 Å². The number of benzene rings is 2. The number of nitrogens with zero attached hydrogens (tertiary/aromatic N) is 1. The number of ether oxygens (including phenoxy) is 1. The lowest BCUT2D eigenvalue weighted by atomic mass is 9.82. The van der Waals surface area contributed by atoms with Gasteiger partial charge in [0.05, 0.1) is 0 Å². The number of amides is 1. The number of nitrogens with two attached hydrogens (primary N) is 1. The van der Waals surface area contributed by atoms with E-state index in [9.17, 15) is 18.0 Å². The van der Waals surface area contributed by atoms with Crippen molar-refractivity contribution in [3.63, 3.8) is 0 Å². The molecule has 31 heavy (non-hydrogen) atoms. The summed E-state index contributed by atoms with van der Waals surface area (Å²) in [4.78, 5) is 15.3. The van der Waals surface area contributed by atoms with Gasteiger partial charge in [-0.25, -0.2) is 13.2 Å². The average molecular weight is 432 g/mol. The van der Waals surface area contributed by atoms with E-state index >= 15 is 0 Å². The molecule has 0 saturated carbocycles. The lowest BCUT2D eigenvalue weighted by Crippen LogP contribution is -2.51. The minimum atomic E-state index is -1.20. The van der Waals surface area contributed by atoms with Gasteiger partial charge in [-0.3, -0.25) is 4.79 Å². The van der Waals surface area contributed by atoms with Crippen molar-refractivity contribution < 1.29 is 22.7 Å². The van der Waals surface area contributed by atoms with Crippen LogP contribution in [0.2, 0.25) is 0 Å². The van der Waals surface area contributed by atoms with Crippen LogP contribution in [0.25, 0.3) is 0 Å². The molecule has 4 nitrogen and oxygen atoms in total. The number of piperidine rings is 1. The Balaban J connectivity index is 1.45. The predicted octanol–water partition coefficient (Wildman–Crippen LogP) is 4.13. The Hall–Kier alpha value is -2.38. The molecule has 0 radical (unpaired) electrons. The molecular weight excluding hydrogens is 405 g/mol. The number of rotatable bonds is 6. The van der Waals surface area contributed by atoms with E-state index < -0.39 is 29.6 Å². The molecule has 2 aliphatic rings. The number of methoxy groups -OCH3 is 1. The monoisotopic (exact) mass is 432 g/mol. The molecule has 166 valence electrons. The molecule has 2 heterocycles. The predicted molar refractivity (Wildman–Crippen MR) is 111 cm³/mol. The summed E-state index contributed by atoms with van der Waals surface area (Å²) in [6.07, 6.45) is 2.69. The van der Waals surface area contributed by atoms with E-state index in [1.807, 2.05) is 35.2 Å². The van der Waals surface area contributed by atoms with E-state index in [0.717, 1.165) is 24.5 Å². The lowest BCUT2D eigenvalue weighted by molar-refractivity contribution is -0.148. The number of carbonyl (C=O) groups is 1. The Morgan fingerprint density at radius 3 is 2.29 bits per heavy atom. The van der Waals surface area contributed by atoms with Gasteiger partial charge < -0.3 is 15.4 Å². The van der Waals surface area contributed by atoms with Crippen LogP contribution in [0.4, 0.5) is 13.2 Å². The van der Waals surface area contributed by atoms with Crippen LogP contribution in [0.15, 0.2) is 42.5 Å². The molecule has 1 amide bonds. The first-order valence-corrected chi connectivity index (χ1v) is 10.7. The third-order valence-corrected chi connectivity index (χ3v) is 6.74. The number of fused-ring (bicyclic) bond motifs is 2. The quantitative estimate of drug-likeness (QED) is 0.699. The highest BCUT2D eigenvalue weighted by Crippen LogP contribution is 2.42. The van der Waals surface area contributed by atoms with Gasteiger partial charge in [0.1, 0.15) is 5.82 Å². The van der Waals surface area contributed by atoms with E-state index in [1.54, 1.807) is 0 Å². The molecule has 2 aromatic carbocycles. The maximum Gasteiger partial charge on any atom is 0.256 e. The zero-order valence-corrected chi connectivity index (χ0v) is 17.4. The van der Waals surface area contributed by atoms with Crippen molar-refractivity contribution in [2.24, 2.45) is 11.7 Å². The highest BCUT2D eigenvalue weighted by molar-refractivity contribution is 5.83. The first-order chi connectivity index (χ1) is 14.9. The van der Waals surface area contributed by atoms with E-state index in [0.29, 0.717) is 18.9 Å². The van der Waals surface area contributed by atoms with Gasteiger partial charge in [0.2, 0.25) is 0 Å². The summed E-state index contributed by atoms with van der Waals surface area (Å²) in [5.74, 6) is -3.02. The van der Waals surface area contributed by atoms with Gasteiger partial charge in [-0.15, -0.1) is 0 Å². The lowest BCUT2D eigenvalue weighted by Gasteiger charge is -2.42. The zero-order valence-electron chi connectivity index (χ0n) is 17.4. The van der Waals surface area contributed by atoms with Crippen LogP contribution in [-0.2, 0) is 16.0 Å². The van der Waals surface area contributed by atoms with Crippen molar-refractivity contribution in [3.8, 4) is 0 Å². The van der Waals surface area contributed by atoms with Gasteiger partial charge in [-0.05, 0) is 55.2 Å². The zero-order chi connectivity index (χ0) is 22.1. The Morgan fingerprint density at radius 2 is 1.68 bits per heavy atom. The summed E-state index contributed by atoms with van der Waals surface area (Å²) in [6.45, 7) is 0. The maximum atomic E-state index is 14.1. The molecule has 0 aliphatic carbocycles. The van der Waals surface area contributed by atoms with Gasteiger partial charge in [0.25, 0.3) is 5.91 Å². The fourth-order valence-corrected chi connectivity index (χ4v) is 5.21. The molecule has 2 fully saturated rings. The summed E-state index contributed by atoms with van der Waals surface area (Å²) in [5.41, 5.74) is 7.28. The molecule has 0 aromatic heterocycles. The van der Waals surface area contributed by atoms with Crippen LogP contribution < -0.4 is 5.73 Å². The van der Waals surface area contributed by atoms with E-state index in [1.165, 1.54) is 7.11 Å². The van der Waals surface area contributed by atoms with Gasteiger partial charge in [-0.1, -0.05) is 30.3 Å². The summed E-state index contributed by atoms with van der Waals surface area (Å²) in [5, 5.41) is 0. The first-order valence-electron chi connectivity index (χ1n) is 10.7. The van der Waals surface area contributed by atoms with Crippen molar-refractivity contribution in [1.82, 2.24) is 4.90 Å². The third kappa shape index (κ3) is 4.34. The topological polar surface area (TPSA) is 55.6 Å². The van der Waals surface area contributed by atoms with Crippen molar-refractivity contribution in [2.45, 2.75) is 56.3 Å². The van der Waals surface area contributed by atoms with E-state index in [2.05, 4.69) is 0 Å². The Bertz CT molecular complexity index is 926. The molecule has 2 aromatic rings. The summed E-state index contributed by atoms with van der Waals surface area (Å²) < 4.78 is 46.3. The van der Waals surface area contributed by atoms with Crippen LogP contribution in [0.1, 0.15) is 42.9 Å².